The molecule has 8 aromatic rings. The van der Waals surface area contributed by atoms with Gasteiger partial charge in [0.05, 0.1) is 11.4 Å². The molecule has 0 N–H and O–H groups in total. The molecule has 71 heavy (non-hydrogen) atoms. The lowest BCUT2D eigenvalue weighted by molar-refractivity contribution is 0.590. The van der Waals surface area contributed by atoms with Crippen LogP contribution in [0, 0.1) is 0 Å². The topological polar surface area (TPSA) is 32.3 Å². The third kappa shape index (κ3) is 12.5. The summed E-state index contributed by atoms with van der Waals surface area (Å²) in [5.41, 5.74) is 18.4. The zero-order valence-electron chi connectivity index (χ0n) is 43.9. The first-order valence-corrected chi connectivity index (χ1v) is 25.4. The molecule has 0 aliphatic heterocycles. The van der Waals surface area contributed by atoms with Gasteiger partial charge in [-0.05, 0) is 170 Å². The van der Waals surface area contributed by atoms with Gasteiger partial charge < -0.3 is 9.80 Å². The molecule has 4 nitrogen and oxygen atoms in total. The summed E-state index contributed by atoms with van der Waals surface area (Å²) < 4.78 is 0. The van der Waals surface area contributed by atoms with Crippen LogP contribution < -0.4 is 9.80 Å². The SMILES string of the molecule is CCCC(C)c1ccc(N(c2ccc(/C=C/c3ccnc(-c4cc(/C=C/c5ccc(N(c6ccc(C(C)(C)C)cc6)c6ccc(C(C)(C)C)cc6)cc5)ccn4)c3)cc2)c2ccc(C(C)(C)C)cc2)cc1. The molecule has 0 saturated heterocycles. The maximum absolute atomic E-state index is 4.73. The molecule has 8 rings (SSSR count). The van der Waals surface area contributed by atoms with E-state index in [2.05, 4.69) is 268 Å². The van der Waals surface area contributed by atoms with Crippen LogP contribution in [-0.2, 0) is 16.2 Å². The van der Waals surface area contributed by atoms with Crippen LogP contribution in [0.15, 0.2) is 182 Å². The molecule has 360 valence electrons. The van der Waals surface area contributed by atoms with Crippen molar-refractivity contribution in [3.05, 3.63) is 227 Å². The van der Waals surface area contributed by atoms with Crippen LogP contribution in [0.3, 0.4) is 0 Å². The van der Waals surface area contributed by atoms with Gasteiger partial charge in [0.25, 0.3) is 0 Å². The highest BCUT2D eigenvalue weighted by Crippen LogP contribution is 2.39. The smallest absolute Gasteiger partial charge is 0.0892 e. The van der Waals surface area contributed by atoms with Crippen molar-refractivity contribution in [2.45, 2.75) is 111 Å². The second-order valence-corrected chi connectivity index (χ2v) is 22.1. The van der Waals surface area contributed by atoms with Gasteiger partial charge in [-0.3, -0.25) is 9.97 Å². The molecule has 0 saturated carbocycles. The molecule has 0 fully saturated rings. The quantitative estimate of drug-likeness (QED) is 0.109. The Bertz CT molecular complexity index is 2990. The first-order valence-electron chi connectivity index (χ1n) is 25.4. The molecule has 1 atom stereocenters. The van der Waals surface area contributed by atoms with E-state index in [0.29, 0.717) is 5.92 Å². The van der Waals surface area contributed by atoms with Crippen molar-refractivity contribution < 1.29 is 0 Å². The number of anilines is 6. The lowest BCUT2D eigenvalue weighted by atomic mass is 9.86. The molecule has 1 unspecified atom stereocenters. The van der Waals surface area contributed by atoms with E-state index in [9.17, 15) is 0 Å². The van der Waals surface area contributed by atoms with Crippen LogP contribution in [-0.4, -0.2) is 9.97 Å². The maximum atomic E-state index is 4.73. The molecular formula is C67H72N4. The molecule has 2 heterocycles. The van der Waals surface area contributed by atoms with E-state index >= 15 is 0 Å². The second-order valence-electron chi connectivity index (χ2n) is 22.1. The standard InChI is InChI=1S/C67H72N4/c1-12-13-48(2)53-22-34-59(35-23-53)70(60-36-24-54(25-37-60)65(3,4)5)57-30-18-49(19-31-57)14-16-51-42-44-68-63(46-51)64-47-52(43-45-69-64)17-15-50-20-32-58(33-21-50)71(61-38-26-55(27-39-61)66(6,7)8)62-40-28-56(29-41-62)67(9,10)11/h14-48H,12-13H2,1-11H3/b16-14+,17-15+. The summed E-state index contributed by atoms with van der Waals surface area (Å²) in [6, 6.07) is 62.0. The molecule has 0 bridgehead atoms. The fraction of sp³-hybridized carbons (Fsp3) is 0.254. The highest BCUT2D eigenvalue weighted by molar-refractivity contribution is 5.81. The molecule has 4 heteroatoms. The van der Waals surface area contributed by atoms with E-state index in [4.69, 9.17) is 9.97 Å². The molecule has 6 aromatic carbocycles. The zero-order valence-corrected chi connectivity index (χ0v) is 43.9. The van der Waals surface area contributed by atoms with Gasteiger partial charge in [0, 0.05) is 46.5 Å². The van der Waals surface area contributed by atoms with Crippen LogP contribution >= 0.6 is 0 Å². The fourth-order valence-corrected chi connectivity index (χ4v) is 9.01. The fourth-order valence-electron chi connectivity index (χ4n) is 9.01. The third-order valence-corrected chi connectivity index (χ3v) is 13.5. The average molecular weight is 933 g/mol. The number of nitrogens with zero attached hydrogens (tertiary/aromatic N) is 4. The largest absolute Gasteiger partial charge is 0.311 e. The maximum Gasteiger partial charge on any atom is 0.0892 e. The zero-order chi connectivity index (χ0) is 50.3. The molecule has 0 aliphatic rings. The highest BCUT2D eigenvalue weighted by Gasteiger charge is 2.20. The second kappa shape index (κ2) is 21.4. The highest BCUT2D eigenvalue weighted by atomic mass is 15.1. The lowest BCUT2D eigenvalue weighted by Gasteiger charge is -2.28. The van der Waals surface area contributed by atoms with E-state index in [1.54, 1.807) is 0 Å². The Hall–Kier alpha value is -7.30. The summed E-state index contributed by atoms with van der Waals surface area (Å²) in [7, 11) is 0. The average Bonchev–Trinajstić information content (AvgIpc) is 3.36. The molecule has 0 spiro atoms. The molecule has 0 amide bonds. The molecule has 0 radical (unpaired) electrons. The summed E-state index contributed by atoms with van der Waals surface area (Å²) in [6.45, 7) is 24.9. The number of benzene rings is 6. The Balaban J connectivity index is 0.976. The summed E-state index contributed by atoms with van der Waals surface area (Å²) in [5, 5.41) is 0. The van der Waals surface area contributed by atoms with Gasteiger partial charge in [0.2, 0.25) is 0 Å². The lowest BCUT2D eigenvalue weighted by Crippen LogP contribution is -2.14. The Morgan fingerprint density at radius 2 is 0.662 bits per heavy atom. The normalized spacial score (nSPS) is 12.7. The Morgan fingerprint density at radius 3 is 0.958 bits per heavy atom. The van der Waals surface area contributed by atoms with Gasteiger partial charge >= 0.3 is 0 Å². The Kier molecular flexibility index (Phi) is 15.1. The first kappa shape index (κ1) is 50.1. The van der Waals surface area contributed by atoms with Crippen molar-refractivity contribution in [1.29, 1.82) is 0 Å². The number of aromatic nitrogens is 2. The number of hydrogen-bond acceptors (Lipinski definition) is 4. The summed E-state index contributed by atoms with van der Waals surface area (Å²) in [6.07, 6.45) is 14.7. The van der Waals surface area contributed by atoms with Crippen molar-refractivity contribution in [1.82, 2.24) is 9.97 Å². The van der Waals surface area contributed by atoms with Crippen molar-refractivity contribution >= 4 is 58.4 Å². The monoisotopic (exact) mass is 933 g/mol. The van der Waals surface area contributed by atoms with Gasteiger partial charge in [-0.15, -0.1) is 0 Å². The van der Waals surface area contributed by atoms with Crippen LogP contribution in [0.1, 0.15) is 139 Å². The van der Waals surface area contributed by atoms with Crippen molar-refractivity contribution in [2.75, 3.05) is 9.80 Å². The van der Waals surface area contributed by atoms with Gasteiger partial charge in [0.15, 0.2) is 0 Å². The van der Waals surface area contributed by atoms with Crippen LogP contribution in [0.5, 0.6) is 0 Å². The summed E-state index contributed by atoms with van der Waals surface area (Å²) >= 11 is 0. The number of rotatable bonds is 14. The summed E-state index contributed by atoms with van der Waals surface area (Å²) in [4.78, 5) is 14.2. The third-order valence-electron chi connectivity index (χ3n) is 13.5. The minimum absolute atomic E-state index is 0.0837. The predicted molar refractivity (Wildman–Crippen MR) is 307 cm³/mol. The minimum Gasteiger partial charge on any atom is -0.311 e. The van der Waals surface area contributed by atoms with Gasteiger partial charge in [0.1, 0.15) is 0 Å². The van der Waals surface area contributed by atoms with Crippen LogP contribution in [0.25, 0.3) is 35.7 Å². The number of hydrogen-bond donors (Lipinski definition) is 0. The van der Waals surface area contributed by atoms with Crippen molar-refractivity contribution in [2.24, 2.45) is 0 Å². The Labute approximate surface area is 425 Å². The van der Waals surface area contributed by atoms with E-state index in [1.165, 1.54) is 35.1 Å². The van der Waals surface area contributed by atoms with E-state index in [0.717, 1.165) is 67.8 Å². The molecular weight excluding hydrogens is 861 g/mol. The Morgan fingerprint density at radius 1 is 0.380 bits per heavy atom. The first-order chi connectivity index (χ1) is 33.9. The van der Waals surface area contributed by atoms with Gasteiger partial charge in [-0.25, -0.2) is 0 Å². The van der Waals surface area contributed by atoms with Gasteiger partial charge in [-0.2, -0.15) is 0 Å². The van der Waals surface area contributed by atoms with E-state index in [-0.39, 0.29) is 16.2 Å². The van der Waals surface area contributed by atoms with Gasteiger partial charge in [-0.1, -0.05) is 180 Å². The van der Waals surface area contributed by atoms with Crippen molar-refractivity contribution in [3.63, 3.8) is 0 Å². The minimum atomic E-state index is 0.0837. The van der Waals surface area contributed by atoms with E-state index in [1.807, 2.05) is 24.5 Å². The molecule has 2 aromatic heterocycles. The van der Waals surface area contributed by atoms with Crippen LogP contribution in [0.4, 0.5) is 34.1 Å². The van der Waals surface area contributed by atoms with Crippen LogP contribution in [0.2, 0.25) is 0 Å². The predicted octanol–water partition coefficient (Wildman–Crippen LogP) is 19.2. The van der Waals surface area contributed by atoms with E-state index < -0.39 is 0 Å². The molecule has 0 aliphatic carbocycles. The van der Waals surface area contributed by atoms with Crippen molar-refractivity contribution in [3.8, 4) is 11.4 Å². The summed E-state index contributed by atoms with van der Waals surface area (Å²) in [5.74, 6) is 0.542. The number of pyridine rings is 2.